The van der Waals surface area contributed by atoms with Gasteiger partial charge in [-0.1, -0.05) is 12.1 Å². The monoisotopic (exact) mass is 281 g/mol. The minimum absolute atomic E-state index is 0.0749. The Morgan fingerprint density at radius 2 is 2.16 bits per heavy atom. The van der Waals surface area contributed by atoms with Crippen molar-refractivity contribution in [3.05, 3.63) is 29.8 Å². The average Bonchev–Trinajstić information content (AvgIpc) is 3.02. The third-order valence-electron chi connectivity index (χ3n) is 3.42. The molecule has 19 heavy (non-hydrogen) atoms. The van der Waals surface area contributed by atoms with Crippen LogP contribution >= 0.6 is 11.6 Å². The first-order chi connectivity index (χ1) is 9.28. The molecule has 0 aliphatic carbocycles. The van der Waals surface area contributed by atoms with E-state index < -0.39 is 0 Å². The lowest BCUT2D eigenvalue weighted by Crippen LogP contribution is -2.27. The molecule has 0 amide bonds. The second-order valence-electron chi connectivity index (χ2n) is 4.70. The van der Waals surface area contributed by atoms with Gasteiger partial charge in [-0.2, -0.15) is 0 Å². The molecule has 0 radical (unpaired) electrons. The van der Waals surface area contributed by atoms with Gasteiger partial charge in [0.1, 0.15) is 25.4 Å². The minimum atomic E-state index is 0.0749. The van der Waals surface area contributed by atoms with Crippen molar-refractivity contribution >= 4 is 23.1 Å². The summed E-state index contributed by atoms with van der Waals surface area (Å²) in [7, 11) is 0. The van der Waals surface area contributed by atoms with Crippen molar-refractivity contribution in [1.82, 2.24) is 4.90 Å². The Labute approximate surface area is 116 Å². The quantitative estimate of drug-likeness (QED) is 0.519. The Morgan fingerprint density at radius 1 is 1.37 bits per heavy atom. The van der Waals surface area contributed by atoms with Gasteiger partial charge in [0.2, 0.25) is 0 Å². The van der Waals surface area contributed by atoms with Gasteiger partial charge in [0.25, 0.3) is 0 Å². The summed E-state index contributed by atoms with van der Waals surface area (Å²) in [4.78, 5) is 6.39. The number of nitrogens with two attached hydrogens (primary N) is 1. The number of alkyl halides is 1. The molecule has 102 valence electrons. The van der Waals surface area contributed by atoms with Crippen molar-refractivity contribution in [3.63, 3.8) is 0 Å². The van der Waals surface area contributed by atoms with E-state index in [1.54, 1.807) is 0 Å². The topological polar surface area (TPSA) is 60.1 Å². The maximum absolute atomic E-state index is 5.81. The van der Waals surface area contributed by atoms with Crippen LogP contribution in [0.2, 0.25) is 0 Å². The Hall–Kier alpha value is -1.14. The van der Waals surface area contributed by atoms with Crippen LogP contribution in [0.3, 0.4) is 0 Å². The summed E-state index contributed by atoms with van der Waals surface area (Å²) < 4.78 is 11.3. The van der Waals surface area contributed by atoms with Gasteiger partial charge in [-0.3, -0.25) is 0 Å². The standard InChI is InChI=1S/C13H16ClN3O2/c14-5-12(15)16-10-3-1-9(2-4-10)13-11-6-18-7-17(11)8-19-13/h1-4,11,13H,5-8H2,(H2,15,16). The third kappa shape index (κ3) is 2.60. The molecule has 2 unspecified atom stereocenters. The Bertz CT molecular complexity index is 477. The van der Waals surface area contributed by atoms with Crippen molar-refractivity contribution in [2.24, 2.45) is 10.7 Å². The molecule has 2 heterocycles. The van der Waals surface area contributed by atoms with E-state index in [1.165, 1.54) is 0 Å². The van der Waals surface area contributed by atoms with Gasteiger partial charge in [-0.05, 0) is 17.7 Å². The van der Waals surface area contributed by atoms with Crippen LogP contribution in [-0.2, 0) is 9.47 Å². The summed E-state index contributed by atoms with van der Waals surface area (Å²) in [6.45, 7) is 2.02. The molecule has 1 aromatic carbocycles. The molecule has 6 heteroatoms. The molecule has 0 saturated carbocycles. The zero-order valence-electron chi connectivity index (χ0n) is 10.5. The number of amidine groups is 1. The highest BCUT2D eigenvalue weighted by atomic mass is 35.5. The summed E-state index contributed by atoms with van der Waals surface area (Å²) in [6, 6.07) is 8.22. The molecule has 2 N–H and O–H groups in total. The number of benzene rings is 1. The number of ether oxygens (including phenoxy) is 2. The second kappa shape index (κ2) is 5.46. The molecule has 0 aromatic heterocycles. The zero-order valence-corrected chi connectivity index (χ0v) is 11.2. The molecule has 3 rings (SSSR count). The molecule has 1 aromatic rings. The van der Waals surface area contributed by atoms with Crippen molar-refractivity contribution in [1.29, 1.82) is 0 Å². The van der Waals surface area contributed by atoms with Gasteiger partial charge < -0.3 is 15.2 Å². The van der Waals surface area contributed by atoms with E-state index in [0.717, 1.165) is 17.9 Å². The molecule has 2 saturated heterocycles. The lowest BCUT2D eigenvalue weighted by Gasteiger charge is -2.16. The number of fused-ring (bicyclic) bond motifs is 1. The molecular weight excluding hydrogens is 266 g/mol. The maximum atomic E-state index is 5.81. The number of nitrogens with zero attached hydrogens (tertiary/aromatic N) is 2. The van der Waals surface area contributed by atoms with Crippen LogP contribution < -0.4 is 5.73 Å². The summed E-state index contributed by atoms with van der Waals surface area (Å²) in [6.07, 6.45) is 0.0749. The molecular formula is C13H16ClN3O2. The fourth-order valence-electron chi connectivity index (χ4n) is 2.44. The molecule has 0 bridgehead atoms. The van der Waals surface area contributed by atoms with E-state index >= 15 is 0 Å². The fraction of sp³-hybridized carbons (Fsp3) is 0.462. The Balaban J connectivity index is 1.76. The summed E-state index contributed by atoms with van der Waals surface area (Å²) in [5, 5.41) is 0. The smallest absolute Gasteiger partial charge is 0.115 e. The van der Waals surface area contributed by atoms with Crippen LogP contribution in [0.4, 0.5) is 5.69 Å². The molecule has 5 nitrogen and oxygen atoms in total. The van der Waals surface area contributed by atoms with E-state index in [9.17, 15) is 0 Å². The number of halogens is 1. The van der Waals surface area contributed by atoms with Crippen LogP contribution in [0.1, 0.15) is 11.7 Å². The average molecular weight is 282 g/mol. The minimum Gasteiger partial charge on any atom is -0.386 e. The van der Waals surface area contributed by atoms with Crippen LogP contribution in [-0.4, -0.2) is 42.7 Å². The first-order valence-corrected chi connectivity index (χ1v) is 6.74. The lowest BCUT2D eigenvalue weighted by atomic mass is 10.0. The highest BCUT2D eigenvalue weighted by Crippen LogP contribution is 2.34. The molecule has 2 atom stereocenters. The third-order valence-corrected chi connectivity index (χ3v) is 3.69. The Morgan fingerprint density at radius 3 is 2.89 bits per heavy atom. The van der Waals surface area contributed by atoms with Crippen LogP contribution in [0.5, 0.6) is 0 Å². The molecule has 0 spiro atoms. The highest BCUT2D eigenvalue weighted by Gasteiger charge is 2.39. The first-order valence-electron chi connectivity index (χ1n) is 6.20. The largest absolute Gasteiger partial charge is 0.386 e. The van der Waals surface area contributed by atoms with Crippen molar-refractivity contribution in [3.8, 4) is 0 Å². The molecule has 2 fully saturated rings. The van der Waals surface area contributed by atoms with Gasteiger partial charge in [-0.15, -0.1) is 11.6 Å². The highest BCUT2D eigenvalue weighted by molar-refractivity contribution is 6.28. The molecule has 2 aliphatic heterocycles. The van der Waals surface area contributed by atoms with Crippen LogP contribution in [0.25, 0.3) is 0 Å². The van der Waals surface area contributed by atoms with Crippen molar-refractivity contribution < 1.29 is 9.47 Å². The van der Waals surface area contributed by atoms with E-state index in [4.69, 9.17) is 26.8 Å². The summed E-state index contributed by atoms with van der Waals surface area (Å²) in [5.41, 5.74) is 7.55. The predicted octanol–water partition coefficient (Wildman–Crippen LogP) is 1.60. The second-order valence-corrected chi connectivity index (χ2v) is 4.97. The number of aliphatic imine (C=N–C) groups is 1. The van der Waals surface area contributed by atoms with Crippen molar-refractivity contribution in [2.75, 3.05) is 25.9 Å². The lowest BCUT2D eigenvalue weighted by molar-refractivity contribution is 0.0370. The number of hydrogen-bond acceptors (Lipinski definition) is 4. The zero-order chi connectivity index (χ0) is 13.2. The van der Waals surface area contributed by atoms with E-state index in [2.05, 4.69) is 9.89 Å². The normalized spacial score (nSPS) is 27.7. The SMILES string of the molecule is NC(CCl)=Nc1ccc(C2OCN3COCC23)cc1. The van der Waals surface area contributed by atoms with Gasteiger partial charge >= 0.3 is 0 Å². The summed E-state index contributed by atoms with van der Waals surface area (Å²) in [5.74, 6) is 0.656. The van der Waals surface area contributed by atoms with Gasteiger partial charge in [0, 0.05) is 0 Å². The van der Waals surface area contributed by atoms with E-state index in [-0.39, 0.29) is 12.0 Å². The van der Waals surface area contributed by atoms with Gasteiger partial charge in [0.15, 0.2) is 0 Å². The Kier molecular flexibility index (Phi) is 3.70. The molecule has 2 aliphatic rings. The van der Waals surface area contributed by atoms with Gasteiger partial charge in [-0.25, -0.2) is 9.89 Å². The summed E-state index contributed by atoms with van der Waals surface area (Å²) >= 11 is 5.60. The number of rotatable bonds is 3. The fourth-order valence-corrected chi connectivity index (χ4v) is 2.50. The predicted molar refractivity (Wildman–Crippen MR) is 73.6 cm³/mol. The van der Waals surface area contributed by atoms with Gasteiger partial charge in [0.05, 0.1) is 24.2 Å². The van der Waals surface area contributed by atoms with Crippen LogP contribution in [0, 0.1) is 0 Å². The number of hydrogen-bond donors (Lipinski definition) is 1. The first kappa shape index (κ1) is 12.9. The maximum Gasteiger partial charge on any atom is 0.115 e. The van der Waals surface area contributed by atoms with E-state index in [0.29, 0.717) is 25.3 Å². The van der Waals surface area contributed by atoms with Crippen LogP contribution in [0.15, 0.2) is 29.3 Å². The van der Waals surface area contributed by atoms with Crippen molar-refractivity contribution in [2.45, 2.75) is 12.1 Å². The van der Waals surface area contributed by atoms with E-state index in [1.807, 2.05) is 24.3 Å².